The number of piperidine rings is 1. The van der Waals surface area contributed by atoms with Gasteiger partial charge in [0.2, 0.25) is 0 Å². The molecule has 1 saturated heterocycles. The molecule has 6 heteroatoms. The second-order valence-electron chi connectivity index (χ2n) is 5.97. The largest absolute Gasteiger partial charge is 0.383 e. The van der Waals surface area contributed by atoms with Crippen LogP contribution in [0.15, 0.2) is 6.20 Å². The summed E-state index contributed by atoms with van der Waals surface area (Å²) in [5.74, 6) is 0.839. The number of methoxy groups -OCH3 is 1. The van der Waals surface area contributed by atoms with E-state index in [9.17, 15) is 0 Å². The average molecular weight is 312 g/mol. The Morgan fingerprint density at radius 3 is 2.86 bits per heavy atom. The molecule has 5 nitrogen and oxygen atoms in total. The molecule has 1 aromatic heterocycles. The van der Waals surface area contributed by atoms with E-state index >= 15 is 0 Å². The van der Waals surface area contributed by atoms with Crippen molar-refractivity contribution in [3.05, 3.63) is 11.1 Å². The van der Waals surface area contributed by atoms with Gasteiger partial charge in [0.25, 0.3) is 0 Å². The van der Waals surface area contributed by atoms with Crippen molar-refractivity contribution >= 4 is 16.5 Å². The maximum absolute atomic E-state index is 5.03. The van der Waals surface area contributed by atoms with Crippen LogP contribution in [0.3, 0.4) is 0 Å². The standard InChI is InChI=1S/C15H28N4OS/c1-18(2)12-13-4-7-19(8-5-13)15-17-11-14(21-15)10-16-6-9-20-3/h11,13,16H,4-10,12H2,1-3H3. The summed E-state index contributed by atoms with van der Waals surface area (Å²) in [4.78, 5) is 10.6. The van der Waals surface area contributed by atoms with Crippen LogP contribution in [0.25, 0.3) is 0 Å². The zero-order valence-electron chi connectivity index (χ0n) is 13.5. The van der Waals surface area contributed by atoms with Gasteiger partial charge in [0.1, 0.15) is 0 Å². The Bertz CT molecular complexity index is 402. The topological polar surface area (TPSA) is 40.6 Å². The van der Waals surface area contributed by atoms with Gasteiger partial charge in [-0.05, 0) is 32.9 Å². The molecule has 1 aromatic rings. The van der Waals surface area contributed by atoms with Crippen LogP contribution in [0.2, 0.25) is 0 Å². The van der Waals surface area contributed by atoms with E-state index in [1.807, 2.05) is 17.5 Å². The summed E-state index contributed by atoms with van der Waals surface area (Å²) in [6, 6.07) is 0. The predicted molar refractivity (Wildman–Crippen MR) is 89.2 cm³/mol. The Hall–Kier alpha value is -0.690. The first-order chi connectivity index (χ1) is 10.2. The first kappa shape index (κ1) is 16.7. The zero-order chi connectivity index (χ0) is 15.1. The lowest BCUT2D eigenvalue weighted by atomic mass is 9.97. The van der Waals surface area contributed by atoms with E-state index < -0.39 is 0 Å². The number of thiazole rings is 1. The molecule has 0 atom stereocenters. The van der Waals surface area contributed by atoms with Gasteiger partial charge in [-0.2, -0.15) is 0 Å². The van der Waals surface area contributed by atoms with Crippen molar-refractivity contribution in [2.24, 2.45) is 5.92 Å². The van der Waals surface area contributed by atoms with Gasteiger partial charge in [-0.15, -0.1) is 11.3 Å². The van der Waals surface area contributed by atoms with Crippen LogP contribution >= 0.6 is 11.3 Å². The van der Waals surface area contributed by atoms with E-state index in [-0.39, 0.29) is 0 Å². The van der Waals surface area contributed by atoms with Gasteiger partial charge in [-0.3, -0.25) is 0 Å². The Morgan fingerprint density at radius 2 is 2.19 bits per heavy atom. The second-order valence-corrected chi connectivity index (χ2v) is 7.07. The molecular weight excluding hydrogens is 284 g/mol. The van der Waals surface area contributed by atoms with E-state index in [2.05, 4.69) is 34.2 Å². The van der Waals surface area contributed by atoms with E-state index in [4.69, 9.17) is 4.74 Å². The minimum Gasteiger partial charge on any atom is -0.383 e. The van der Waals surface area contributed by atoms with Crippen LogP contribution in [-0.2, 0) is 11.3 Å². The van der Waals surface area contributed by atoms with Gasteiger partial charge in [-0.25, -0.2) is 4.98 Å². The smallest absolute Gasteiger partial charge is 0.185 e. The molecule has 1 aliphatic rings. The number of nitrogens with zero attached hydrogens (tertiary/aromatic N) is 3. The monoisotopic (exact) mass is 312 g/mol. The number of rotatable bonds is 8. The summed E-state index contributed by atoms with van der Waals surface area (Å²) in [6.45, 7) is 6.02. The molecule has 1 aliphatic heterocycles. The van der Waals surface area contributed by atoms with Crippen molar-refractivity contribution in [2.45, 2.75) is 19.4 Å². The lowest BCUT2D eigenvalue weighted by Crippen LogP contribution is -2.37. The molecule has 0 aromatic carbocycles. The minimum absolute atomic E-state index is 0.755. The fraction of sp³-hybridized carbons (Fsp3) is 0.800. The number of ether oxygens (including phenoxy) is 1. The van der Waals surface area contributed by atoms with Crippen LogP contribution in [0.1, 0.15) is 17.7 Å². The number of hydrogen-bond donors (Lipinski definition) is 1. The lowest BCUT2D eigenvalue weighted by molar-refractivity contribution is 0.199. The van der Waals surface area contributed by atoms with Gasteiger partial charge in [-0.1, -0.05) is 0 Å². The summed E-state index contributed by atoms with van der Waals surface area (Å²) in [5, 5.41) is 4.55. The van der Waals surface area contributed by atoms with Crippen molar-refractivity contribution in [3.8, 4) is 0 Å². The van der Waals surface area contributed by atoms with Crippen molar-refractivity contribution in [1.82, 2.24) is 15.2 Å². The first-order valence-corrected chi connectivity index (χ1v) is 8.54. The third-order valence-corrected chi connectivity index (χ3v) is 4.89. The molecule has 0 bridgehead atoms. The highest BCUT2D eigenvalue weighted by Gasteiger charge is 2.21. The van der Waals surface area contributed by atoms with Gasteiger partial charge < -0.3 is 19.9 Å². The Kier molecular flexibility index (Phi) is 6.89. The van der Waals surface area contributed by atoms with E-state index in [0.29, 0.717) is 0 Å². The lowest BCUT2D eigenvalue weighted by Gasteiger charge is -2.32. The van der Waals surface area contributed by atoms with E-state index in [1.54, 1.807) is 7.11 Å². The molecule has 21 heavy (non-hydrogen) atoms. The fourth-order valence-electron chi connectivity index (χ4n) is 2.73. The van der Waals surface area contributed by atoms with Gasteiger partial charge in [0.15, 0.2) is 5.13 Å². The van der Waals surface area contributed by atoms with Gasteiger partial charge in [0.05, 0.1) is 6.61 Å². The number of nitrogens with one attached hydrogen (secondary N) is 1. The van der Waals surface area contributed by atoms with Crippen LogP contribution < -0.4 is 10.2 Å². The molecule has 120 valence electrons. The predicted octanol–water partition coefficient (Wildman–Crippen LogP) is 1.66. The van der Waals surface area contributed by atoms with Gasteiger partial charge >= 0.3 is 0 Å². The highest BCUT2D eigenvalue weighted by molar-refractivity contribution is 7.15. The summed E-state index contributed by atoms with van der Waals surface area (Å²) in [7, 11) is 6.05. The van der Waals surface area contributed by atoms with E-state index in [0.717, 1.165) is 38.7 Å². The summed E-state index contributed by atoms with van der Waals surface area (Å²) in [5.41, 5.74) is 0. The number of anilines is 1. The molecule has 0 saturated carbocycles. The molecular formula is C15H28N4OS. The second kappa shape index (κ2) is 8.68. The Morgan fingerprint density at radius 1 is 1.43 bits per heavy atom. The van der Waals surface area contributed by atoms with E-state index in [1.165, 1.54) is 29.4 Å². The third-order valence-electron chi connectivity index (χ3n) is 3.83. The molecule has 0 radical (unpaired) electrons. The van der Waals surface area contributed by atoms with Crippen LogP contribution in [0.4, 0.5) is 5.13 Å². The van der Waals surface area contributed by atoms with Crippen LogP contribution in [0.5, 0.6) is 0 Å². The molecule has 0 unspecified atom stereocenters. The highest BCUT2D eigenvalue weighted by atomic mass is 32.1. The zero-order valence-corrected chi connectivity index (χ0v) is 14.3. The average Bonchev–Trinajstić information content (AvgIpc) is 2.93. The SMILES string of the molecule is COCCNCc1cnc(N2CCC(CN(C)C)CC2)s1. The molecule has 1 N–H and O–H groups in total. The Labute approximate surface area is 132 Å². The normalized spacial score (nSPS) is 16.9. The van der Waals surface area contributed by atoms with Crippen molar-refractivity contribution in [2.75, 3.05) is 58.9 Å². The first-order valence-electron chi connectivity index (χ1n) is 7.73. The maximum atomic E-state index is 5.03. The summed E-state index contributed by atoms with van der Waals surface area (Å²) < 4.78 is 5.03. The molecule has 0 spiro atoms. The van der Waals surface area contributed by atoms with Crippen molar-refractivity contribution < 1.29 is 4.74 Å². The highest BCUT2D eigenvalue weighted by Crippen LogP contribution is 2.27. The molecule has 0 amide bonds. The van der Waals surface area contributed by atoms with Gasteiger partial charge in [0, 0.05) is 50.9 Å². The minimum atomic E-state index is 0.755. The maximum Gasteiger partial charge on any atom is 0.185 e. The number of aromatic nitrogens is 1. The van der Waals surface area contributed by atoms with Crippen LogP contribution in [0, 0.1) is 5.92 Å². The summed E-state index contributed by atoms with van der Waals surface area (Å²) >= 11 is 1.81. The fourth-order valence-corrected chi connectivity index (χ4v) is 3.67. The molecule has 1 fully saturated rings. The summed E-state index contributed by atoms with van der Waals surface area (Å²) in [6.07, 6.45) is 4.56. The Balaban J connectivity index is 1.74. The van der Waals surface area contributed by atoms with Crippen molar-refractivity contribution in [1.29, 1.82) is 0 Å². The van der Waals surface area contributed by atoms with Crippen LogP contribution in [-0.4, -0.2) is 63.9 Å². The molecule has 0 aliphatic carbocycles. The third kappa shape index (κ3) is 5.54. The van der Waals surface area contributed by atoms with Crippen molar-refractivity contribution in [3.63, 3.8) is 0 Å². The molecule has 2 heterocycles. The number of hydrogen-bond acceptors (Lipinski definition) is 6. The quantitative estimate of drug-likeness (QED) is 0.739. The molecule has 2 rings (SSSR count).